The molecule has 0 spiro atoms. The summed E-state index contributed by atoms with van der Waals surface area (Å²) in [6, 6.07) is 7.61. The number of hydrogen-bond donors (Lipinski definition) is 1. The molecule has 0 atom stereocenters. The summed E-state index contributed by atoms with van der Waals surface area (Å²) in [5, 5.41) is 2.60. The summed E-state index contributed by atoms with van der Waals surface area (Å²) >= 11 is 3.25. The van der Waals surface area contributed by atoms with Crippen molar-refractivity contribution in [1.29, 1.82) is 0 Å². The topological polar surface area (TPSA) is 42.0 Å². The first kappa shape index (κ1) is 12.7. The highest BCUT2D eigenvalue weighted by Crippen LogP contribution is 2.13. The molecule has 0 radical (unpaired) electrons. The summed E-state index contributed by atoms with van der Waals surface area (Å²) in [6.07, 6.45) is 1.58. The molecule has 1 amide bonds. The van der Waals surface area contributed by atoms with Crippen LogP contribution < -0.4 is 5.32 Å². The van der Waals surface area contributed by atoms with Crippen LogP contribution in [0.3, 0.4) is 0 Å². The zero-order valence-electron chi connectivity index (χ0n) is 9.58. The second-order valence-electron chi connectivity index (χ2n) is 3.83. The van der Waals surface area contributed by atoms with Crippen LogP contribution in [-0.4, -0.2) is 10.9 Å². The smallest absolute Gasteiger partial charge is 0.256 e. The van der Waals surface area contributed by atoms with Crippen LogP contribution >= 0.6 is 15.9 Å². The highest BCUT2D eigenvalue weighted by atomic mass is 79.9. The lowest BCUT2D eigenvalue weighted by atomic mass is 10.1. The van der Waals surface area contributed by atoms with E-state index in [0.29, 0.717) is 11.4 Å². The monoisotopic (exact) mass is 308 g/mol. The van der Waals surface area contributed by atoms with Crippen molar-refractivity contribution in [3.8, 4) is 0 Å². The first-order chi connectivity index (χ1) is 8.54. The first-order valence-corrected chi connectivity index (χ1v) is 6.04. The number of nitrogens with zero attached hydrogens (tertiary/aromatic N) is 1. The summed E-state index contributed by atoms with van der Waals surface area (Å²) < 4.78 is 14.0. The number of nitrogens with one attached hydrogen (secondary N) is 1. The van der Waals surface area contributed by atoms with Crippen molar-refractivity contribution in [2.24, 2.45) is 0 Å². The zero-order valence-corrected chi connectivity index (χ0v) is 11.2. The maximum atomic E-state index is 13.2. The number of pyridine rings is 1. The predicted octanol–water partition coefficient (Wildman–Crippen LogP) is 3.54. The molecule has 1 aromatic carbocycles. The highest BCUT2D eigenvalue weighted by molar-refractivity contribution is 9.10. The first-order valence-electron chi connectivity index (χ1n) is 5.25. The Morgan fingerprint density at radius 1 is 1.33 bits per heavy atom. The Morgan fingerprint density at radius 2 is 2.11 bits per heavy atom. The van der Waals surface area contributed by atoms with Gasteiger partial charge in [0.25, 0.3) is 5.91 Å². The Kier molecular flexibility index (Phi) is 3.72. The van der Waals surface area contributed by atoms with Gasteiger partial charge in [0.05, 0.1) is 0 Å². The van der Waals surface area contributed by atoms with E-state index in [-0.39, 0.29) is 11.5 Å². The van der Waals surface area contributed by atoms with Gasteiger partial charge in [-0.3, -0.25) is 4.79 Å². The molecule has 1 heterocycles. The van der Waals surface area contributed by atoms with Crippen LogP contribution in [-0.2, 0) is 0 Å². The largest absolute Gasteiger partial charge is 0.307 e. The van der Waals surface area contributed by atoms with Crippen molar-refractivity contribution in [3.63, 3.8) is 0 Å². The Balaban J connectivity index is 2.19. The number of anilines is 1. The fraction of sp³-hybridized carbons (Fsp3) is 0.0769. The van der Waals surface area contributed by atoms with Crippen LogP contribution in [0.2, 0.25) is 0 Å². The van der Waals surface area contributed by atoms with E-state index < -0.39 is 5.82 Å². The maximum absolute atomic E-state index is 13.2. The van der Waals surface area contributed by atoms with Gasteiger partial charge in [-0.15, -0.1) is 0 Å². The molecule has 0 aliphatic carbocycles. The third-order valence-electron chi connectivity index (χ3n) is 2.27. The molecule has 92 valence electrons. The average molecular weight is 309 g/mol. The number of carbonyl (C=O) groups excluding carboxylic acids is 1. The summed E-state index contributed by atoms with van der Waals surface area (Å²) in [6.45, 7) is 1.73. The van der Waals surface area contributed by atoms with Crippen molar-refractivity contribution in [2.45, 2.75) is 6.92 Å². The molecule has 0 aliphatic heterocycles. The SMILES string of the molecule is Cc1cc(F)cc(C(=O)Nc2ccc(Br)cn2)c1. The highest BCUT2D eigenvalue weighted by Gasteiger charge is 2.08. The standard InChI is InChI=1S/C13H10BrFN2O/c1-8-4-9(6-11(15)5-8)13(18)17-12-3-2-10(14)7-16-12/h2-7H,1H3,(H,16,17,18). The molecule has 18 heavy (non-hydrogen) atoms. The molecular weight excluding hydrogens is 299 g/mol. The van der Waals surface area contributed by atoms with E-state index in [1.807, 2.05) is 0 Å². The number of benzene rings is 1. The minimum atomic E-state index is -0.427. The molecule has 0 fully saturated rings. The minimum absolute atomic E-state index is 0.275. The van der Waals surface area contributed by atoms with Gasteiger partial charge in [-0.25, -0.2) is 9.37 Å². The van der Waals surface area contributed by atoms with Gasteiger partial charge >= 0.3 is 0 Å². The number of aryl methyl sites for hydroxylation is 1. The van der Waals surface area contributed by atoms with Gasteiger partial charge in [0.15, 0.2) is 0 Å². The van der Waals surface area contributed by atoms with E-state index in [1.165, 1.54) is 12.1 Å². The molecule has 2 aromatic rings. The van der Waals surface area contributed by atoms with Crippen LogP contribution in [0.1, 0.15) is 15.9 Å². The maximum Gasteiger partial charge on any atom is 0.256 e. The molecule has 1 aromatic heterocycles. The number of hydrogen-bond acceptors (Lipinski definition) is 2. The van der Waals surface area contributed by atoms with Crippen LogP contribution in [0.25, 0.3) is 0 Å². The lowest BCUT2D eigenvalue weighted by Crippen LogP contribution is -2.13. The molecule has 5 heteroatoms. The summed E-state index contributed by atoms with van der Waals surface area (Å²) in [5.74, 6) is -0.388. The van der Waals surface area contributed by atoms with Crippen LogP contribution in [0.15, 0.2) is 41.0 Å². The van der Waals surface area contributed by atoms with E-state index in [1.54, 1.807) is 31.3 Å². The van der Waals surface area contributed by atoms with Crippen LogP contribution in [0.4, 0.5) is 10.2 Å². The normalized spacial score (nSPS) is 10.2. The van der Waals surface area contributed by atoms with Gasteiger partial charge in [0.1, 0.15) is 11.6 Å². The Labute approximate surface area is 112 Å². The van der Waals surface area contributed by atoms with Crippen LogP contribution in [0.5, 0.6) is 0 Å². The molecule has 0 bridgehead atoms. The van der Waals surface area contributed by atoms with Crippen molar-refractivity contribution in [1.82, 2.24) is 4.98 Å². The van der Waals surface area contributed by atoms with Crippen molar-refractivity contribution < 1.29 is 9.18 Å². The van der Waals surface area contributed by atoms with Crippen LogP contribution in [0, 0.1) is 12.7 Å². The second kappa shape index (κ2) is 5.27. The Bertz CT molecular complexity index is 564. The quantitative estimate of drug-likeness (QED) is 0.922. The van der Waals surface area contributed by atoms with E-state index in [0.717, 1.165) is 4.47 Å². The molecule has 0 saturated heterocycles. The van der Waals surface area contributed by atoms with Crippen molar-refractivity contribution in [3.05, 3.63) is 57.9 Å². The fourth-order valence-corrected chi connectivity index (χ4v) is 1.74. The molecule has 0 saturated carbocycles. The van der Waals surface area contributed by atoms with Gasteiger partial charge in [-0.1, -0.05) is 0 Å². The predicted molar refractivity (Wildman–Crippen MR) is 71.0 cm³/mol. The molecular formula is C13H10BrFN2O. The summed E-state index contributed by atoms with van der Waals surface area (Å²) in [7, 11) is 0. The van der Waals surface area contributed by atoms with E-state index in [9.17, 15) is 9.18 Å². The zero-order chi connectivity index (χ0) is 13.1. The number of rotatable bonds is 2. The third kappa shape index (κ3) is 3.13. The fourth-order valence-electron chi connectivity index (χ4n) is 1.51. The van der Waals surface area contributed by atoms with Crippen molar-refractivity contribution in [2.75, 3.05) is 5.32 Å². The lowest BCUT2D eigenvalue weighted by Gasteiger charge is -2.05. The average Bonchev–Trinajstić information content (AvgIpc) is 2.31. The third-order valence-corrected chi connectivity index (χ3v) is 2.74. The van der Waals surface area contributed by atoms with Gasteiger partial charge in [0.2, 0.25) is 0 Å². The Morgan fingerprint density at radius 3 is 2.72 bits per heavy atom. The van der Waals surface area contributed by atoms with Gasteiger partial charge < -0.3 is 5.32 Å². The lowest BCUT2D eigenvalue weighted by molar-refractivity contribution is 0.102. The van der Waals surface area contributed by atoms with Gasteiger partial charge in [-0.05, 0) is 58.7 Å². The van der Waals surface area contributed by atoms with E-state index in [4.69, 9.17) is 0 Å². The second-order valence-corrected chi connectivity index (χ2v) is 4.75. The summed E-state index contributed by atoms with van der Waals surface area (Å²) in [5.41, 5.74) is 0.973. The number of aromatic nitrogens is 1. The molecule has 0 unspecified atom stereocenters. The number of halogens is 2. The number of amides is 1. The molecule has 3 nitrogen and oxygen atoms in total. The summed E-state index contributed by atoms with van der Waals surface area (Å²) in [4.78, 5) is 15.9. The minimum Gasteiger partial charge on any atom is -0.307 e. The Hall–Kier alpha value is -1.75. The van der Waals surface area contributed by atoms with E-state index >= 15 is 0 Å². The number of carbonyl (C=O) groups is 1. The van der Waals surface area contributed by atoms with Crippen molar-refractivity contribution >= 4 is 27.7 Å². The van der Waals surface area contributed by atoms with Gasteiger partial charge in [0, 0.05) is 16.2 Å². The molecule has 1 N–H and O–H groups in total. The molecule has 0 aliphatic rings. The molecule has 2 rings (SSSR count). The van der Waals surface area contributed by atoms with E-state index in [2.05, 4.69) is 26.2 Å². The van der Waals surface area contributed by atoms with Gasteiger partial charge in [-0.2, -0.15) is 0 Å².